The first-order chi connectivity index (χ1) is 9.33. The maximum Gasteiger partial charge on any atom is 0.309 e. The molecule has 4 nitrogen and oxygen atoms in total. The molecule has 0 amide bonds. The molecule has 2 rings (SSSR count). The number of carbonyl (C=O) groups is 1. The molecule has 0 radical (unpaired) electrons. The standard InChI is InChI=1S/C15H20FNO3/c1-10(12-9-11(16)3-4-13(12)18)17-7-5-15(2,6-8-17)14(19)20/h3-4,9-10,18H,5-8H2,1-2H3,(H,19,20). The Morgan fingerprint density at radius 2 is 2.00 bits per heavy atom. The largest absolute Gasteiger partial charge is 0.508 e. The first-order valence-electron chi connectivity index (χ1n) is 6.79. The average Bonchev–Trinajstić information content (AvgIpc) is 2.41. The lowest BCUT2D eigenvalue weighted by atomic mass is 9.80. The van der Waals surface area contributed by atoms with Gasteiger partial charge in [-0.1, -0.05) is 0 Å². The molecule has 0 bridgehead atoms. The van der Waals surface area contributed by atoms with Crippen LogP contribution in [0.4, 0.5) is 4.39 Å². The van der Waals surface area contributed by atoms with Crippen molar-refractivity contribution < 1.29 is 19.4 Å². The topological polar surface area (TPSA) is 60.8 Å². The molecular formula is C15H20FNO3. The van der Waals surface area contributed by atoms with Gasteiger partial charge in [0.25, 0.3) is 0 Å². The highest BCUT2D eigenvalue weighted by Gasteiger charge is 2.38. The molecule has 0 aliphatic carbocycles. The number of piperidine rings is 1. The van der Waals surface area contributed by atoms with Crippen molar-refractivity contribution in [2.24, 2.45) is 5.41 Å². The van der Waals surface area contributed by atoms with Crippen LogP contribution in [0, 0.1) is 11.2 Å². The lowest BCUT2D eigenvalue weighted by Gasteiger charge is -2.39. The van der Waals surface area contributed by atoms with E-state index in [1.54, 1.807) is 6.92 Å². The Hall–Kier alpha value is -1.62. The molecule has 2 N–H and O–H groups in total. The summed E-state index contributed by atoms with van der Waals surface area (Å²) in [7, 11) is 0. The highest BCUT2D eigenvalue weighted by atomic mass is 19.1. The van der Waals surface area contributed by atoms with Crippen molar-refractivity contribution in [2.45, 2.75) is 32.7 Å². The van der Waals surface area contributed by atoms with Crippen molar-refractivity contribution in [3.8, 4) is 5.75 Å². The van der Waals surface area contributed by atoms with Gasteiger partial charge in [0.1, 0.15) is 11.6 Å². The van der Waals surface area contributed by atoms with Crippen molar-refractivity contribution >= 4 is 5.97 Å². The average molecular weight is 281 g/mol. The van der Waals surface area contributed by atoms with E-state index >= 15 is 0 Å². The van der Waals surface area contributed by atoms with Gasteiger partial charge < -0.3 is 10.2 Å². The Labute approximate surface area is 117 Å². The van der Waals surface area contributed by atoms with Crippen molar-refractivity contribution in [2.75, 3.05) is 13.1 Å². The van der Waals surface area contributed by atoms with Gasteiger partial charge in [0.15, 0.2) is 0 Å². The summed E-state index contributed by atoms with van der Waals surface area (Å²) in [4.78, 5) is 13.3. The van der Waals surface area contributed by atoms with Crippen LogP contribution in [-0.4, -0.2) is 34.2 Å². The number of likely N-dealkylation sites (tertiary alicyclic amines) is 1. The fraction of sp³-hybridized carbons (Fsp3) is 0.533. The van der Waals surface area contributed by atoms with E-state index in [4.69, 9.17) is 0 Å². The minimum Gasteiger partial charge on any atom is -0.508 e. The Balaban J connectivity index is 2.10. The van der Waals surface area contributed by atoms with E-state index < -0.39 is 11.4 Å². The summed E-state index contributed by atoms with van der Waals surface area (Å²) in [5.41, 5.74) is -0.135. The predicted octanol–water partition coefficient (Wildman–Crippen LogP) is 2.78. The second kappa shape index (κ2) is 5.40. The predicted molar refractivity (Wildman–Crippen MR) is 73.0 cm³/mol. The van der Waals surface area contributed by atoms with Crippen LogP contribution in [0.1, 0.15) is 38.3 Å². The number of hydrogen-bond acceptors (Lipinski definition) is 3. The molecule has 1 saturated heterocycles. The second-order valence-electron chi connectivity index (χ2n) is 5.78. The normalized spacial score (nSPS) is 20.6. The maximum atomic E-state index is 13.3. The van der Waals surface area contributed by atoms with Gasteiger partial charge in [-0.2, -0.15) is 0 Å². The SMILES string of the molecule is CC(c1cc(F)ccc1O)N1CCC(C)(C(=O)O)CC1. The van der Waals surface area contributed by atoms with E-state index in [1.165, 1.54) is 18.2 Å². The number of phenols is 1. The molecule has 1 unspecified atom stereocenters. The molecule has 1 heterocycles. The van der Waals surface area contributed by atoms with E-state index in [9.17, 15) is 19.4 Å². The maximum absolute atomic E-state index is 13.3. The smallest absolute Gasteiger partial charge is 0.309 e. The van der Waals surface area contributed by atoms with Crippen LogP contribution in [0.25, 0.3) is 0 Å². The van der Waals surface area contributed by atoms with Crippen molar-refractivity contribution in [3.63, 3.8) is 0 Å². The minimum atomic E-state index is -0.765. The zero-order chi connectivity index (χ0) is 14.9. The molecule has 1 fully saturated rings. The van der Waals surface area contributed by atoms with Crippen LogP contribution < -0.4 is 0 Å². The van der Waals surface area contributed by atoms with Crippen LogP contribution in [0.15, 0.2) is 18.2 Å². The third kappa shape index (κ3) is 2.77. The van der Waals surface area contributed by atoms with E-state index in [2.05, 4.69) is 4.90 Å². The second-order valence-corrected chi connectivity index (χ2v) is 5.78. The van der Waals surface area contributed by atoms with E-state index in [-0.39, 0.29) is 17.6 Å². The molecular weight excluding hydrogens is 261 g/mol. The summed E-state index contributed by atoms with van der Waals surface area (Å²) in [5, 5.41) is 19.1. The number of aliphatic carboxylic acids is 1. The lowest BCUT2D eigenvalue weighted by Crippen LogP contribution is -2.43. The summed E-state index contributed by atoms with van der Waals surface area (Å²) in [6.45, 7) is 4.91. The van der Waals surface area contributed by atoms with E-state index in [0.29, 0.717) is 31.5 Å². The number of halogens is 1. The number of nitrogens with zero attached hydrogens (tertiary/aromatic N) is 1. The Bertz CT molecular complexity index is 510. The summed E-state index contributed by atoms with van der Waals surface area (Å²) >= 11 is 0. The highest BCUT2D eigenvalue weighted by molar-refractivity contribution is 5.74. The van der Waals surface area contributed by atoms with E-state index in [1.807, 2.05) is 6.92 Å². The third-order valence-electron chi connectivity index (χ3n) is 4.41. The molecule has 0 aromatic heterocycles. The van der Waals surface area contributed by atoms with Crippen molar-refractivity contribution in [1.29, 1.82) is 0 Å². The Kier molecular flexibility index (Phi) is 3.99. The van der Waals surface area contributed by atoms with Gasteiger partial charge in [0.2, 0.25) is 0 Å². The van der Waals surface area contributed by atoms with Gasteiger partial charge in [-0.05, 0) is 58.0 Å². The molecule has 1 atom stereocenters. The lowest BCUT2D eigenvalue weighted by molar-refractivity contribution is -0.151. The Morgan fingerprint density at radius 3 is 2.55 bits per heavy atom. The minimum absolute atomic E-state index is 0.0745. The number of benzene rings is 1. The monoisotopic (exact) mass is 281 g/mol. The summed E-state index contributed by atoms with van der Waals surface area (Å²) in [6, 6.07) is 3.78. The zero-order valence-corrected chi connectivity index (χ0v) is 11.8. The fourth-order valence-corrected chi connectivity index (χ4v) is 2.68. The first kappa shape index (κ1) is 14.8. The van der Waals surface area contributed by atoms with Crippen molar-refractivity contribution in [1.82, 2.24) is 4.90 Å². The molecule has 1 aromatic carbocycles. The third-order valence-corrected chi connectivity index (χ3v) is 4.41. The highest BCUT2D eigenvalue weighted by Crippen LogP contribution is 2.36. The van der Waals surface area contributed by atoms with Crippen LogP contribution in [0.3, 0.4) is 0 Å². The van der Waals surface area contributed by atoms with Gasteiger partial charge in [-0.25, -0.2) is 4.39 Å². The molecule has 5 heteroatoms. The van der Waals surface area contributed by atoms with Crippen LogP contribution in [-0.2, 0) is 4.79 Å². The van der Waals surface area contributed by atoms with Crippen molar-refractivity contribution in [3.05, 3.63) is 29.6 Å². The molecule has 1 aliphatic rings. The van der Waals surface area contributed by atoms with Crippen LogP contribution in [0.5, 0.6) is 5.75 Å². The Morgan fingerprint density at radius 1 is 1.40 bits per heavy atom. The van der Waals surface area contributed by atoms with Gasteiger partial charge in [-0.15, -0.1) is 0 Å². The van der Waals surface area contributed by atoms with Gasteiger partial charge in [0.05, 0.1) is 5.41 Å². The van der Waals surface area contributed by atoms with Gasteiger partial charge in [-0.3, -0.25) is 9.69 Å². The summed E-state index contributed by atoms with van der Waals surface area (Å²) in [6.07, 6.45) is 1.12. The summed E-state index contributed by atoms with van der Waals surface area (Å²) < 4.78 is 13.3. The number of phenolic OH excluding ortho intramolecular Hbond substituents is 1. The number of rotatable bonds is 3. The number of aromatic hydroxyl groups is 1. The number of carboxylic acids is 1. The molecule has 20 heavy (non-hydrogen) atoms. The molecule has 1 aliphatic heterocycles. The zero-order valence-electron chi connectivity index (χ0n) is 11.8. The first-order valence-corrected chi connectivity index (χ1v) is 6.79. The van der Waals surface area contributed by atoms with E-state index in [0.717, 1.165) is 0 Å². The molecule has 110 valence electrons. The van der Waals surface area contributed by atoms with Gasteiger partial charge >= 0.3 is 5.97 Å². The molecule has 0 saturated carbocycles. The van der Waals surface area contributed by atoms with Crippen LogP contribution >= 0.6 is 0 Å². The van der Waals surface area contributed by atoms with Crippen LogP contribution in [0.2, 0.25) is 0 Å². The number of hydrogen-bond donors (Lipinski definition) is 2. The molecule has 1 aromatic rings. The molecule has 0 spiro atoms. The fourth-order valence-electron chi connectivity index (χ4n) is 2.68. The quantitative estimate of drug-likeness (QED) is 0.894. The number of carboxylic acid groups (broad SMARTS) is 1. The summed E-state index contributed by atoms with van der Waals surface area (Å²) in [5.74, 6) is -1.07. The van der Waals surface area contributed by atoms with Gasteiger partial charge in [0, 0.05) is 11.6 Å².